The van der Waals surface area contributed by atoms with Crippen LogP contribution in [0.25, 0.3) is 0 Å². The zero-order valence-electron chi connectivity index (χ0n) is 26.9. The van der Waals surface area contributed by atoms with Gasteiger partial charge in [-0.15, -0.1) is 0 Å². The van der Waals surface area contributed by atoms with E-state index in [-0.39, 0.29) is 11.3 Å². The minimum atomic E-state index is -3.36. The number of anilines is 1. The Hall–Kier alpha value is -2.27. The predicted molar refractivity (Wildman–Crippen MR) is 174 cm³/mol. The van der Waals surface area contributed by atoms with Crippen LogP contribution in [-0.2, 0) is 25.0 Å². The van der Waals surface area contributed by atoms with Crippen LogP contribution in [-0.4, -0.2) is 82.9 Å². The van der Waals surface area contributed by atoms with Crippen molar-refractivity contribution in [2.75, 3.05) is 56.5 Å². The Kier molecular flexibility index (Phi) is 13.0. The summed E-state index contributed by atoms with van der Waals surface area (Å²) < 4.78 is 57.9. The lowest BCUT2D eigenvalue weighted by molar-refractivity contribution is -0.118. The minimum absolute atomic E-state index is 0.198. The molecule has 11 heteroatoms. The number of sulfonamides is 1. The summed E-state index contributed by atoms with van der Waals surface area (Å²) in [6.45, 7) is 15.0. The molecule has 3 heterocycles. The number of halogens is 3. The Labute approximate surface area is 267 Å². The lowest BCUT2D eigenvalue weighted by Gasteiger charge is -2.31. The molecule has 0 aromatic heterocycles. The molecule has 2 atom stereocenters. The summed E-state index contributed by atoms with van der Waals surface area (Å²) in [5, 5.41) is 0.632. The second-order valence-electron chi connectivity index (χ2n) is 11.9. The van der Waals surface area contributed by atoms with Gasteiger partial charge in [0, 0.05) is 67.9 Å². The fourth-order valence-electron chi connectivity index (χ4n) is 6.28. The Bertz CT molecular complexity index is 1370. The molecule has 7 nitrogen and oxygen atoms in total. The molecule has 5 rings (SSSR count). The van der Waals surface area contributed by atoms with Gasteiger partial charge in [-0.3, -0.25) is 14.0 Å². The molecule has 0 bridgehead atoms. The van der Waals surface area contributed by atoms with Gasteiger partial charge in [0.2, 0.25) is 16.4 Å². The average Bonchev–Trinajstić information content (AvgIpc) is 3.59. The largest absolute Gasteiger partial charge is 0.381 e. The number of benzene rings is 2. The standard InChI is InChI=1S/C16H23ClN2O3S.C15H19F2NO.C2H6/c1-5-18(11-20)7-6-16(3)10-19(23(4,21)22)15-8-12(2)14(17)9-13(15)16;16-12-1-2-14(15(17)9-12)11-3-6-18(10-11)13-4-7-19-8-5-13;1-2/h8-9,11H,5-7,10H2,1-4H3;1-2,9,11,13H,3-8,10H2;1-2H3. The van der Waals surface area contributed by atoms with Gasteiger partial charge in [-0.25, -0.2) is 17.2 Å². The molecular weight excluding hydrogens is 608 g/mol. The quantitative estimate of drug-likeness (QED) is 0.303. The van der Waals surface area contributed by atoms with E-state index in [1.165, 1.54) is 16.6 Å². The molecule has 2 fully saturated rings. The first-order valence-corrected chi connectivity index (χ1v) is 17.8. The van der Waals surface area contributed by atoms with Crippen molar-refractivity contribution in [2.45, 2.75) is 77.7 Å². The molecule has 0 radical (unpaired) electrons. The molecule has 2 aromatic rings. The fraction of sp³-hybridized carbons (Fsp3) is 0.606. The number of ether oxygens (including phenoxy) is 1. The molecule has 1 amide bonds. The first-order valence-electron chi connectivity index (χ1n) is 15.6. The highest BCUT2D eigenvalue weighted by molar-refractivity contribution is 7.92. The number of fused-ring (bicyclic) bond motifs is 1. The maximum Gasteiger partial charge on any atom is 0.232 e. The number of nitrogens with zero attached hydrogens (tertiary/aromatic N) is 3. The molecular formula is C33H48ClF2N3O4S. The lowest BCUT2D eigenvalue weighted by atomic mass is 9.81. The van der Waals surface area contributed by atoms with Crippen molar-refractivity contribution in [3.05, 3.63) is 63.7 Å². The van der Waals surface area contributed by atoms with Gasteiger partial charge >= 0.3 is 0 Å². The number of likely N-dealkylation sites (tertiary alicyclic amines) is 1. The van der Waals surface area contributed by atoms with Crippen LogP contribution < -0.4 is 4.31 Å². The summed E-state index contributed by atoms with van der Waals surface area (Å²) in [4.78, 5) is 15.1. The topological polar surface area (TPSA) is 70.2 Å². The Morgan fingerprint density at radius 3 is 2.41 bits per heavy atom. The van der Waals surface area contributed by atoms with Crippen LogP contribution >= 0.6 is 11.6 Å². The van der Waals surface area contributed by atoms with Crippen LogP contribution in [0.3, 0.4) is 0 Å². The highest BCUT2D eigenvalue weighted by Gasteiger charge is 2.42. The number of carbonyl (C=O) groups is 1. The van der Waals surface area contributed by atoms with Crippen molar-refractivity contribution in [3.63, 3.8) is 0 Å². The third-order valence-corrected chi connectivity index (χ3v) is 10.5. The molecule has 0 aliphatic carbocycles. The van der Waals surface area contributed by atoms with Crippen LogP contribution in [0.5, 0.6) is 0 Å². The molecule has 3 aliphatic rings. The summed E-state index contributed by atoms with van der Waals surface area (Å²) >= 11 is 6.26. The van der Waals surface area contributed by atoms with Gasteiger partial charge in [-0.05, 0) is 81.0 Å². The molecule has 2 saturated heterocycles. The van der Waals surface area contributed by atoms with Gasteiger partial charge in [0.25, 0.3) is 0 Å². The van der Waals surface area contributed by atoms with Gasteiger partial charge in [0.05, 0.1) is 11.9 Å². The number of aryl methyl sites for hydroxylation is 1. The van der Waals surface area contributed by atoms with Crippen LogP contribution in [0.1, 0.15) is 76.0 Å². The Balaban J connectivity index is 0.000000231. The van der Waals surface area contributed by atoms with E-state index in [2.05, 4.69) is 4.90 Å². The maximum atomic E-state index is 13.8. The number of carbonyl (C=O) groups excluding carboxylic acids is 1. The molecule has 2 unspecified atom stereocenters. The van der Waals surface area contributed by atoms with Crippen molar-refractivity contribution in [3.8, 4) is 0 Å². The van der Waals surface area contributed by atoms with E-state index in [1.54, 1.807) is 11.0 Å². The monoisotopic (exact) mass is 655 g/mol. The second-order valence-corrected chi connectivity index (χ2v) is 14.2. The Morgan fingerprint density at radius 2 is 1.82 bits per heavy atom. The van der Waals surface area contributed by atoms with Crippen LogP contribution in [0.15, 0.2) is 30.3 Å². The van der Waals surface area contributed by atoms with Crippen LogP contribution in [0, 0.1) is 18.6 Å². The van der Waals surface area contributed by atoms with Gasteiger partial charge < -0.3 is 9.64 Å². The van der Waals surface area contributed by atoms with E-state index in [4.69, 9.17) is 16.3 Å². The smallest absolute Gasteiger partial charge is 0.232 e. The summed E-state index contributed by atoms with van der Waals surface area (Å²) in [5.41, 5.74) is 2.78. The SMILES string of the molecule is CC.CCN(C=O)CCC1(C)CN(S(C)(=O)=O)c2cc(C)c(Cl)cc21.Fc1ccc(C2CCN(C3CCOCC3)C2)c(F)c1. The fourth-order valence-corrected chi connectivity index (χ4v) is 7.48. The zero-order valence-corrected chi connectivity index (χ0v) is 28.5. The van der Waals surface area contributed by atoms with Crippen LogP contribution in [0.2, 0.25) is 5.02 Å². The molecule has 0 saturated carbocycles. The summed E-state index contributed by atoms with van der Waals surface area (Å²) in [6.07, 6.45) is 5.82. The third-order valence-electron chi connectivity index (χ3n) is 8.92. The van der Waals surface area contributed by atoms with Gasteiger partial charge in [0.1, 0.15) is 11.6 Å². The molecule has 0 spiro atoms. The average molecular weight is 656 g/mol. The lowest BCUT2D eigenvalue weighted by Crippen LogP contribution is -2.37. The summed E-state index contributed by atoms with van der Waals surface area (Å²) in [7, 11) is -3.36. The summed E-state index contributed by atoms with van der Waals surface area (Å²) in [6, 6.07) is 8.22. The minimum Gasteiger partial charge on any atom is -0.381 e. The van der Waals surface area contributed by atoms with E-state index < -0.39 is 21.7 Å². The summed E-state index contributed by atoms with van der Waals surface area (Å²) in [5.74, 6) is -0.706. The molecule has 246 valence electrons. The van der Waals surface area contributed by atoms with Crippen molar-refractivity contribution >= 4 is 33.7 Å². The Morgan fingerprint density at radius 1 is 1.14 bits per heavy atom. The van der Waals surface area contributed by atoms with Crippen molar-refractivity contribution in [1.82, 2.24) is 9.80 Å². The van der Waals surface area contributed by atoms with E-state index in [9.17, 15) is 22.0 Å². The zero-order chi connectivity index (χ0) is 32.7. The highest BCUT2D eigenvalue weighted by Crippen LogP contribution is 2.46. The van der Waals surface area contributed by atoms with E-state index >= 15 is 0 Å². The van der Waals surface area contributed by atoms with Gasteiger partial charge in [-0.2, -0.15) is 0 Å². The first kappa shape index (κ1) is 36.2. The van der Waals surface area contributed by atoms with Crippen molar-refractivity contribution in [2.24, 2.45) is 0 Å². The van der Waals surface area contributed by atoms with Crippen molar-refractivity contribution in [1.29, 1.82) is 0 Å². The maximum absolute atomic E-state index is 13.8. The van der Waals surface area contributed by atoms with Crippen molar-refractivity contribution < 1.29 is 26.7 Å². The van der Waals surface area contributed by atoms with Crippen LogP contribution in [0.4, 0.5) is 14.5 Å². The van der Waals surface area contributed by atoms with E-state index in [0.717, 1.165) is 69.2 Å². The number of hydrogen-bond donors (Lipinski definition) is 0. The predicted octanol–water partition coefficient (Wildman–Crippen LogP) is 6.51. The van der Waals surface area contributed by atoms with Gasteiger partial charge in [0.15, 0.2) is 0 Å². The molecule has 44 heavy (non-hydrogen) atoms. The number of hydrogen-bond acceptors (Lipinski definition) is 5. The molecule has 3 aliphatic heterocycles. The highest BCUT2D eigenvalue weighted by atomic mass is 35.5. The molecule has 0 N–H and O–H groups in total. The van der Waals surface area contributed by atoms with E-state index in [0.29, 0.717) is 48.4 Å². The normalized spacial score (nSPS) is 22.0. The van der Waals surface area contributed by atoms with E-state index in [1.807, 2.05) is 46.8 Å². The first-order chi connectivity index (χ1) is 20.9. The second kappa shape index (κ2) is 15.8. The third kappa shape index (κ3) is 8.71. The van der Waals surface area contributed by atoms with Gasteiger partial charge in [-0.1, -0.05) is 38.4 Å². The molecule has 2 aromatic carbocycles. The number of rotatable bonds is 8. The number of amides is 1.